The zero-order valence-electron chi connectivity index (χ0n) is 20.0. The van der Waals surface area contributed by atoms with Crippen molar-refractivity contribution in [2.45, 2.75) is 45.2 Å². The van der Waals surface area contributed by atoms with Crippen LogP contribution in [-0.2, 0) is 11.0 Å². The van der Waals surface area contributed by atoms with Crippen LogP contribution >= 0.6 is 0 Å². The monoisotopic (exact) mass is 481 g/mol. The van der Waals surface area contributed by atoms with E-state index >= 15 is 0 Å². The lowest BCUT2D eigenvalue weighted by Crippen LogP contribution is -2.51. The molecular weight excluding hydrogens is 451 g/mol. The van der Waals surface area contributed by atoms with E-state index in [1.165, 1.54) is 36.8 Å². The van der Waals surface area contributed by atoms with Gasteiger partial charge in [0.2, 0.25) is 5.91 Å². The third kappa shape index (κ3) is 4.65. The van der Waals surface area contributed by atoms with Crippen LogP contribution in [0, 0.1) is 29.6 Å². The first kappa shape index (κ1) is 23.8. The summed E-state index contributed by atoms with van der Waals surface area (Å²) in [6.07, 6.45) is 7.19. The van der Waals surface area contributed by atoms with E-state index in [9.17, 15) is 18.0 Å². The van der Waals surface area contributed by atoms with E-state index in [0.29, 0.717) is 23.0 Å². The Kier molecular flexibility index (Phi) is 6.28. The van der Waals surface area contributed by atoms with Crippen LogP contribution < -0.4 is 0 Å². The number of carbonyl (C=O) groups excluding carboxylic acids is 1. The SMILES string of the molecule is CC1=NN(C)C(=O)[C@@H]2C[C@@H]3CCCC[C@H]3[C@H](C=Cc3ccc(-c4cccc(C(F)(F)F)c4)cn3)[C@@H]12. The summed E-state index contributed by atoms with van der Waals surface area (Å²) in [6.45, 7) is 2.03. The second-order valence-corrected chi connectivity index (χ2v) is 10.2. The Morgan fingerprint density at radius 3 is 2.63 bits per heavy atom. The molecule has 1 amide bonds. The van der Waals surface area contributed by atoms with Crippen molar-refractivity contribution in [1.82, 2.24) is 9.99 Å². The minimum absolute atomic E-state index is 0.0252. The van der Waals surface area contributed by atoms with Gasteiger partial charge in [-0.15, -0.1) is 0 Å². The topological polar surface area (TPSA) is 45.6 Å². The van der Waals surface area contributed by atoms with E-state index < -0.39 is 11.7 Å². The van der Waals surface area contributed by atoms with Gasteiger partial charge in [0.25, 0.3) is 0 Å². The summed E-state index contributed by atoms with van der Waals surface area (Å²) in [4.78, 5) is 17.5. The van der Waals surface area contributed by atoms with E-state index in [1.54, 1.807) is 25.4 Å². The van der Waals surface area contributed by atoms with Crippen LogP contribution in [0.1, 0.15) is 50.3 Å². The van der Waals surface area contributed by atoms with Gasteiger partial charge in [0, 0.05) is 36.4 Å². The van der Waals surface area contributed by atoms with Gasteiger partial charge in [-0.1, -0.05) is 43.5 Å². The van der Waals surface area contributed by atoms with Crippen LogP contribution in [0.5, 0.6) is 0 Å². The van der Waals surface area contributed by atoms with Gasteiger partial charge in [0.1, 0.15) is 0 Å². The van der Waals surface area contributed by atoms with Gasteiger partial charge in [-0.05, 0) is 67.4 Å². The molecule has 184 valence electrons. The van der Waals surface area contributed by atoms with Gasteiger partial charge in [-0.2, -0.15) is 18.3 Å². The lowest BCUT2D eigenvalue weighted by atomic mass is 9.56. The lowest BCUT2D eigenvalue weighted by molar-refractivity contribution is -0.140. The number of hydrogen-bond donors (Lipinski definition) is 0. The number of alkyl halides is 3. The molecule has 4 nitrogen and oxygen atoms in total. The van der Waals surface area contributed by atoms with E-state index in [4.69, 9.17) is 0 Å². The van der Waals surface area contributed by atoms with Crippen LogP contribution in [0.15, 0.2) is 53.8 Å². The molecule has 2 aromatic rings. The molecule has 2 saturated carbocycles. The number of halogens is 3. The van der Waals surface area contributed by atoms with Gasteiger partial charge < -0.3 is 0 Å². The summed E-state index contributed by atoms with van der Waals surface area (Å²) < 4.78 is 39.2. The highest BCUT2D eigenvalue weighted by atomic mass is 19.4. The predicted molar refractivity (Wildman–Crippen MR) is 130 cm³/mol. The maximum Gasteiger partial charge on any atom is 0.416 e. The van der Waals surface area contributed by atoms with Crippen molar-refractivity contribution < 1.29 is 18.0 Å². The fraction of sp³-hybridized carbons (Fsp3) is 0.464. The van der Waals surface area contributed by atoms with E-state index in [1.807, 2.05) is 19.1 Å². The standard InChI is InChI=1S/C28H30F3N3O/c1-17-26-24(23-9-4-3-6-19(23)15-25(26)27(35)34(2)33-17)13-12-22-11-10-20(16-32-22)18-7-5-8-21(14-18)28(29,30)31/h5,7-8,10-14,16,19,23-26H,3-4,6,9,15H2,1-2H3/t19-,23+,24-,25+,26+/m0/s1. The average Bonchev–Trinajstić information content (AvgIpc) is 2.85. The molecule has 0 spiro atoms. The van der Waals surface area contributed by atoms with Gasteiger partial charge in [-0.25, -0.2) is 5.01 Å². The smallest absolute Gasteiger partial charge is 0.273 e. The lowest BCUT2D eigenvalue weighted by Gasteiger charge is -2.50. The summed E-state index contributed by atoms with van der Waals surface area (Å²) in [7, 11) is 1.75. The molecule has 2 heterocycles. The number of fused-ring (bicyclic) bond motifs is 2. The number of hydrogen-bond acceptors (Lipinski definition) is 3. The molecule has 2 aliphatic carbocycles. The van der Waals surface area contributed by atoms with Crippen LogP contribution in [0.4, 0.5) is 13.2 Å². The van der Waals surface area contributed by atoms with Crippen molar-refractivity contribution in [2.24, 2.45) is 34.7 Å². The number of hydrazone groups is 1. The summed E-state index contributed by atoms with van der Waals surface area (Å²) >= 11 is 0. The third-order valence-electron chi connectivity index (χ3n) is 8.09. The molecule has 1 aliphatic heterocycles. The first-order valence-corrected chi connectivity index (χ1v) is 12.4. The molecule has 0 saturated heterocycles. The van der Waals surface area contributed by atoms with Crippen molar-refractivity contribution in [2.75, 3.05) is 7.05 Å². The van der Waals surface area contributed by atoms with Gasteiger partial charge in [0.05, 0.1) is 11.3 Å². The normalized spacial score (nSPS) is 29.1. The highest BCUT2D eigenvalue weighted by Crippen LogP contribution is 2.51. The van der Waals surface area contributed by atoms with Gasteiger partial charge >= 0.3 is 6.18 Å². The maximum absolute atomic E-state index is 13.1. The number of rotatable bonds is 3. The fourth-order valence-corrected chi connectivity index (χ4v) is 6.48. The van der Waals surface area contributed by atoms with Crippen molar-refractivity contribution >= 4 is 17.7 Å². The van der Waals surface area contributed by atoms with E-state index in [2.05, 4.69) is 16.2 Å². The Hall–Kier alpha value is -2.96. The zero-order valence-corrected chi connectivity index (χ0v) is 20.0. The fourth-order valence-electron chi connectivity index (χ4n) is 6.48. The molecule has 0 unspecified atom stereocenters. The van der Waals surface area contributed by atoms with Crippen molar-refractivity contribution in [3.8, 4) is 11.1 Å². The van der Waals surface area contributed by atoms with E-state index in [0.717, 1.165) is 30.0 Å². The van der Waals surface area contributed by atoms with Crippen molar-refractivity contribution in [1.29, 1.82) is 0 Å². The minimum atomic E-state index is -4.38. The van der Waals surface area contributed by atoms with E-state index in [-0.39, 0.29) is 23.7 Å². The molecule has 0 radical (unpaired) electrons. The molecule has 2 fully saturated rings. The molecule has 0 bridgehead atoms. The Morgan fingerprint density at radius 2 is 1.89 bits per heavy atom. The maximum atomic E-state index is 13.1. The summed E-state index contributed by atoms with van der Waals surface area (Å²) in [6, 6.07) is 8.94. The van der Waals surface area contributed by atoms with Crippen molar-refractivity contribution in [3.63, 3.8) is 0 Å². The van der Waals surface area contributed by atoms with Crippen LogP contribution in [0.25, 0.3) is 17.2 Å². The second-order valence-electron chi connectivity index (χ2n) is 10.2. The Labute approximate surface area is 203 Å². The highest BCUT2D eigenvalue weighted by Gasteiger charge is 2.50. The highest BCUT2D eigenvalue weighted by molar-refractivity contribution is 5.95. The molecule has 1 aromatic heterocycles. The Bertz CT molecular complexity index is 1150. The summed E-state index contributed by atoms with van der Waals surface area (Å²) in [5.41, 5.74) is 2.23. The minimum Gasteiger partial charge on any atom is -0.273 e. The second kappa shape index (κ2) is 9.25. The molecule has 3 aliphatic rings. The number of benzene rings is 1. The molecule has 35 heavy (non-hydrogen) atoms. The molecule has 1 aromatic carbocycles. The molecule has 5 atom stereocenters. The van der Waals surface area contributed by atoms with Crippen LogP contribution in [0.2, 0.25) is 0 Å². The number of aromatic nitrogens is 1. The molecule has 5 rings (SSSR count). The quantitative estimate of drug-likeness (QED) is 0.490. The number of pyridine rings is 1. The Balaban J connectivity index is 1.41. The van der Waals surface area contributed by atoms with Crippen molar-refractivity contribution in [3.05, 3.63) is 59.9 Å². The van der Waals surface area contributed by atoms with Crippen LogP contribution in [0.3, 0.4) is 0 Å². The Morgan fingerprint density at radius 1 is 1.09 bits per heavy atom. The molecule has 7 heteroatoms. The first-order valence-electron chi connectivity index (χ1n) is 12.4. The predicted octanol–water partition coefficient (Wildman–Crippen LogP) is 6.69. The number of allylic oxidation sites excluding steroid dienone is 1. The van der Waals surface area contributed by atoms with Crippen LogP contribution in [-0.4, -0.2) is 28.7 Å². The summed E-state index contributed by atoms with van der Waals surface area (Å²) in [5.74, 6) is 1.52. The first-order chi connectivity index (χ1) is 16.7. The third-order valence-corrected chi connectivity index (χ3v) is 8.09. The number of amides is 1. The van der Waals surface area contributed by atoms with Gasteiger partial charge in [-0.3, -0.25) is 9.78 Å². The number of nitrogens with zero attached hydrogens (tertiary/aromatic N) is 3. The number of carbonyl (C=O) groups is 1. The van der Waals surface area contributed by atoms with Gasteiger partial charge in [0.15, 0.2) is 0 Å². The molecule has 0 N–H and O–H groups in total. The average molecular weight is 482 g/mol. The zero-order chi connectivity index (χ0) is 24.7. The largest absolute Gasteiger partial charge is 0.416 e. The molecular formula is C28H30F3N3O. The summed E-state index contributed by atoms with van der Waals surface area (Å²) in [5, 5.41) is 6.04.